The molecule has 1 amide bonds. The standard InChI is InChI=1S/C18H18ClFN2O2/c19-14-7-5-13(6-8-14)17-11-22(9-10-24-17)12-18(23)21-16-4-2-1-3-15(16)20/h1-8,17H,9-12H2,(H,21,23). The highest BCUT2D eigenvalue weighted by atomic mass is 35.5. The minimum Gasteiger partial charge on any atom is -0.371 e. The molecule has 1 N–H and O–H groups in total. The molecule has 6 heteroatoms. The fraction of sp³-hybridized carbons (Fsp3) is 0.278. The Hall–Kier alpha value is -1.95. The Balaban J connectivity index is 1.58. The smallest absolute Gasteiger partial charge is 0.238 e. The van der Waals surface area contributed by atoms with Crippen LogP contribution < -0.4 is 5.32 Å². The summed E-state index contributed by atoms with van der Waals surface area (Å²) in [6, 6.07) is 13.6. The number of halogens is 2. The van der Waals surface area contributed by atoms with Crippen LogP contribution in [0.25, 0.3) is 0 Å². The van der Waals surface area contributed by atoms with Crippen LogP contribution in [0.4, 0.5) is 10.1 Å². The summed E-state index contributed by atoms with van der Waals surface area (Å²) < 4.78 is 19.4. The number of carbonyl (C=O) groups is 1. The Morgan fingerprint density at radius 1 is 1.25 bits per heavy atom. The molecule has 126 valence electrons. The van der Waals surface area contributed by atoms with Gasteiger partial charge in [0.25, 0.3) is 0 Å². The first kappa shape index (κ1) is 16.9. The molecule has 2 aromatic rings. The summed E-state index contributed by atoms with van der Waals surface area (Å²) in [5.74, 6) is -0.677. The van der Waals surface area contributed by atoms with E-state index >= 15 is 0 Å². The van der Waals surface area contributed by atoms with Crippen molar-refractivity contribution in [3.8, 4) is 0 Å². The molecule has 1 unspecified atom stereocenters. The van der Waals surface area contributed by atoms with Crippen LogP contribution in [0.15, 0.2) is 48.5 Å². The third-order valence-electron chi connectivity index (χ3n) is 3.91. The highest BCUT2D eigenvalue weighted by Gasteiger charge is 2.23. The summed E-state index contributed by atoms with van der Waals surface area (Å²) in [6.45, 7) is 2.00. The van der Waals surface area contributed by atoms with Gasteiger partial charge in [-0.3, -0.25) is 9.69 Å². The molecular formula is C18H18ClFN2O2. The van der Waals surface area contributed by atoms with E-state index in [1.807, 2.05) is 29.2 Å². The van der Waals surface area contributed by atoms with E-state index in [9.17, 15) is 9.18 Å². The van der Waals surface area contributed by atoms with Crippen LogP contribution in [-0.4, -0.2) is 37.0 Å². The highest BCUT2D eigenvalue weighted by Crippen LogP contribution is 2.23. The molecule has 0 aliphatic carbocycles. The van der Waals surface area contributed by atoms with Gasteiger partial charge in [0.2, 0.25) is 5.91 Å². The summed E-state index contributed by atoms with van der Waals surface area (Å²) in [7, 11) is 0. The van der Waals surface area contributed by atoms with E-state index in [-0.39, 0.29) is 24.2 Å². The Bertz CT molecular complexity index is 708. The van der Waals surface area contributed by atoms with Gasteiger partial charge in [0.1, 0.15) is 5.82 Å². The maximum absolute atomic E-state index is 13.6. The van der Waals surface area contributed by atoms with Crippen LogP contribution in [0.2, 0.25) is 5.02 Å². The largest absolute Gasteiger partial charge is 0.371 e. The zero-order valence-electron chi connectivity index (χ0n) is 13.0. The van der Waals surface area contributed by atoms with E-state index in [1.54, 1.807) is 18.2 Å². The molecule has 0 radical (unpaired) electrons. The van der Waals surface area contributed by atoms with E-state index in [4.69, 9.17) is 16.3 Å². The SMILES string of the molecule is O=C(CN1CCOC(c2ccc(Cl)cc2)C1)Nc1ccccc1F. The molecule has 4 nitrogen and oxygen atoms in total. The predicted octanol–water partition coefficient (Wildman–Crippen LogP) is 3.49. The average Bonchev–Trinajstić information content (AvgIpc) is 2.58. The van der Waals surface area contributed by atoms with Gasteiger partial charge in [0.15, 0.2) is 0 Å². The zero-order valence-corrected chi connectivity index (χ0v) is 13.8. The van der Waals surface area contributed by atoms with Gasteiger partial charge in [-0.2, -0.15) is 0 Å². The van der Waals surface area contributed by atoms with Crippen LogP contribution >= 0.6 is 11.6 Å². The summed E-state index contributed by atoms with van der Waals surface area (Å²) in [5.41, 5.74) is 1.23. The maximum atomic E-state index is 13.6. The molecule has 0 aromatic heterocycles. The number of carbonyl (C=O) groups excluding carboxylic acids is 1. The number of amides is 1. The van der Waals surface area contributed by atoms with E-state index in [0.717, 1.165) is 5.56 Å². The quantitative estimate of drug-likeness (QED) is 0.919. The number of para-hydroxylation sites is 1. The first-order valence-corrected chi connectivity index (χ1v) is 8.13. The fourth-order valence-electron chi connectivity index (χ4n) is 2.68. The number of nitrogens with zero attached hydrogens (tertiary/aromatic N) is 1. The fourth-order valence-corrected chi connectivity index (χ4v) is 2.81. The molecule has 1 atom stereocenters. The Labute approximate surface area is 145 Å². The first-order valence-electron chi connectivity index (χ1n) is 7.75. The van der Waals surface area contributed by atoms with Gasteiger partial charge in [-0.1, -0.05) is 35.9 Å². The summed E-state index contributed by atoms with van der Waals surface area (Å²) in [4.78, 5) is 14.1. The van der Waals surface area contributed by atoms with E-state index in [2.05, 4.69) is 5.32 Å². The summed E-state index contributed by atoms with van der Waals surface area (Å²) >= 11 is 5.90. The molecular weight excluding hydrogens is 331 g/mol. The maximum Gasteiger partial charge on any atom is 0.238 e. The van der Waals surface area contributed by atoms with Crippen LogP contribution in [-0.2, 0) is 9.53 Å². The molecule has 1 aliphatic heterocycles. The van der Waals surface area contributed by atoms with Crippen molar-refractivity contribution in [3.63, 3.8) is 0 Å². The van der Waals surface area contributed by atoms with Gasteiger partial charge in [0.05, 0.1) is 24.9 Å². The Morgan fingerprint density at radius 2 is 2.00 bits per heavy atom. The molecule has 0 spiro atoms. The third-order valence-corrected chi connectivity index (χ3v) is 4.16. The lowest BCUT2D eigenvalue weighted by atomic mass is 10.1. The Kier molecular flexibility index (Phi) is 5.45. The van der Waals surface area contributed by atoms with Crippen LogP contribution in [0.3, 0.4) is 0 Å². The average molecular weight is 349 g/mol. The highest BCUT2D eigenvalue weighted by molar-refractivity contribution is 6.30. The van der Waals surface area contributed by atoms with Crippen molar-refractivity contribution in [2.75, 3.05) is 31.6 Å². The van der Waals surface area contributed by atoms with Crippen molar-refractivity contribution >= 4 is 23.2 Å². The lowest BCUT2D eigenvalue weighted by Gasteiger charge is -2.32. The number of anilines is 1. The molecule has 0 saturated carbocycles. The van der Waals surface area contributed by atoms with Crippen molar-refractivity contribution in [2.45, 2.75) is 6.10 Å². The van der Waals surface area contributed by atoms with Gasteiger partial charge >= 0.3 is 0 Å². The Morgan fingerprint density at radius 3 is 2.75 bits per heavy atom. The lowest BCUT2D eigenvalue weighted by molar-refractivity contribution is -0.119. The van der Waals surface area contributed by atoms with Gasteiger partial charge in [-0.15, -0.1) is 0 Å². The molecule has 1 aliphatic rings. The number of hydrogen-bond donors (Lipinski definition) is 1. The molecule has 3 rings (SSSR count). The summed E-state index contributed by atoms with van der Waals surface area (Å²) in [5, 5.41) is 3.28. The van der Waals surface area contributed by atoms with Crippen molar-refractivity contribution in [2.24, 2.45) is 0 Å². The predicted molar refractivity (Wildman–Crippen MR) is 91.6 cm³/mol. The van der Waals surface area contributed by atoms with Gasteiger partial charge in [-0.25, -0.2) is 4.39 Å². The molecule has 1 fully saturated rings. The minimum absolute atomic E-state index is 0.0997. The molecule has 2 aromatic carbocycles. The van der Waals surface area contributed by atoms with Crippen molar-refractivity contribution in [1.82, 2.24) is 4.90 Å². The number of benzene rings is 2. The van der Waals surface area contributed by atoms with Crippen LogP contribution in [0, 0.1) is 5.82 Å². The topological polar surface area (TPSA) is 41.6 Å². The van der Waals surface area contributed by atoms with E-state index in [1.165, 1.54) is 6.07 Å². The first-order chi connectivity index (χ1) is 11.6. The number of rotatable bonds is 4. The van der Waals surface area contributed by atoms with Crippen molar-refractivity contribution in [1.29, 1.82) is 0 Å². The van der Waals surface area contributed by atoms with Crippen LogP contribution in [0.1, 0.15) is 11.7 Å². The summed E-state index contributed by atoms with van der Waals surface area (Å²) in [6.07, 6.45) is -0.0997. The van der Waals surface area contributed by atoms with E-state index < -0.39 is 5.82 Å². The molecule has 1 saturated heterocycles. The lowest BCUT2D eigenvalue weighted by Crippen LogP contribution is -2.42. The number of morpholine rings is 1. The second-order valence-corrected chi connectivity index (χ2v) is 6.11. The van der Waals surface area contributed by atoms with E-state index in [0.29, 0.717) is 24.7 Å². The molecule has 1 heterocycles. The number of hydrogen-bond acceptors (Lipinski definition) is 3. The monoisotopic (exact) mass is 348 g/mol. The van der Waals surface area contributed by atoms with Gasteiger partial charge < -0.3 is 10.1 Å². The number of nitrogens with one attached hydrogen (secondary N) is 1. The normalized spacial score (nSPS) is 18.3. The van der Waals surface area contributed by atoms with Crippen LogP contribution in [0.5, 0.6) is 0 Å². The second kappa shape index (κ2) is 7.75. The number of ether oxygens (including phenoxy) is 1. The van der Waals surface area contributed by atoms with Crippen molar-refractivity contribution < 1.29 is 13.9 Å². The van der Waals surface area contributed by atoms with Gasteiger partial charge in [0, 0.05) is 18.1 Å². The minimum atomic E-state index is -0.438. The molecule has 0 bridgehead atoms. The van der Waals surface area contributed by atoms with Gasteiger partial charge in [-0.05, 0) is 29.8 Å². The van der Waals surface area contributed by atoms with Crippen molar-refractivity contribution in [3.05, 3.63) is 64.9 Å². The molecule has 24 heavy (non-hydrogen) atoms. The second-order valence-electron chi connectivity index (χ2n) is 5.67. The zero-order chi connectivity index (χ0) is 16.9. The third kappa shape index (κ3) is 4.32.